The molecule has 0 aliphatic heterocycles. The number of amides is 1. The van der Waals surface area contributed by atoms with E-state index in [0.717, 1.165) is 25.7 Å². The van der Waals surface area contributed by atoms with Crippen molar-refractivity contribution in [3.8, 4) is 0 Å². The molecular weight excluding hydrogens is 234 g/mol. The third-order valence-electron chi connectivity index (χ3n) is 3.63. The van der Waals surface area contributed by atoms with Crippen LogP contribution in [-0.2, 0) is 9.59 Å². The van der Waals surface area contributed by atoms with Crippen LogP contribution in [-0.4, -0.2) is 35.2 Å². The fourth-order valence-corrected chi connectivity index (χ4v) is 2.35. The van der Waals surface area contributed by atoms with Crippen molar-refractivity contribution in [2.45, 2.75) is 45.4 Å². The van der Waals surface area contributed by atoms with Crippen LogP contribution in [0.25, 0.3) is 0 Å². The van der Waals surface area contributed by atoms with Crippen LogP contribution >= 0.6 is 0 Å². The second-order valence-corrected chi connectivity index (χ2v) is 5.59. The zero-order chi connectivity index (χ0) is 13.6. The van der Waals surface area contributed by atoms with Gasteiger partial charge in [-0.15, -0.1) is 0 Å². The number of aliphatic carboxylic acids is 1. The Bertz CT molecular complexity index is 299. The standard InChI is InChI=1S/C13H23NO4/c1-13(9-15,7-11(16)17)8-14-12(18)10-5-3-2-4-6-10/h10,15H,2-9H2,1H3,(H,14,18)(H,16,17). The molecule has 18 heavy (non-hydrogen) atoms. The summed E-state index contributed by atoms with van der Waals surface area (Å²) in [6, 6.07) is 0. The normalized spacial score (nSPS) is 20.1. The maximum absolute atomic E-state index is 11.9. The Balaban J connectivity index is 2.41. The van der Waals surface area contributed by atoms with E-state index < -0.39 is 11.4 Å². The molecule has 5 heteroatoms. The SMILES string of the molecule is CC(CO)(CNC(=O)C1CCCCC1)CC(=O)O. The summed E-state index contributed by atoms with van der Waals surface area (Å²) in [5.41, 5.74) is -0.782. The largest absolute Gasteiger partial charge is 0.481 e. The van der Waals surface area contributed by atoms with E-state index in [1.807, 2.05) is 0 Å². The number of aliphatic hydroxyl groups is 1. The minimum Gasteiger partial charge on any atom is -0.481 e. The number of nitrogens with one attached hydrogen (secondary N) is 1. The zero-order valence-corrected chi connectivity index (χ0v) is 10.9. The van der Waals surface area contributed by atoms with Crippen LogP contribution in [0.2, 0.25) is 0 Å². The lowest BCUT2D eigenvalue weighted by Gasteiger charge is -2.27. The molecule has 1 aliphatic carbocycles. The highest BCUT2D eigenvalue weighted by Crippen LogP contribution is 2.24. The van der Waals surface area contributed by atoms with Gasteiger partial charge < -0.3 is 15.5 Å². The molecule has 1 fully saturated rings. The average Bonchev–Trinajstić information content (AvgIpc) is 2.36. The Labute approximate surface area is 108 Å². The fraction of sp³-hybridized carbons (Fsp3) is 0.846. The van der Waals surface area contributed by atoms with Crippen molar-refractivity contribution in [2.24, 2.45) is 11.3 Å². The lowest BCUT2D eigenvalue weighted by Crippen LogP contribution is -2.42. The van der Waals surface area contributed by atoms with Gasteiger partial charge in [-0.2, -0.15) is 0 Å². The summed E-state index contributed by atoms with van der Waals surface area (Å²) >= 11 is 0. The molecule has 0 heterocycles. The number of rotatable bonds is 6. The molecule has 104 valence electrons. The molecule has 1 saturated carbocycles. The summed E-state index contributed by atoms with van der Waals surface area (Å²) in [7, 11) is 0. The third kappa shape index (κ3) is 4.64. The molecule has 0 saturated heterocycles. The van der Waals surface area contributed by atoms with E-state index in [9.17, 15) is 14.7 Å². The Hall–Kier alpha value is -1.10. The summed E-state index contributed by atoms with van der Waals surface area (Å²) in [5.74, 6) is -0.898. The number of carbonyl (C=O) groups is 2. The Morgan fingerprint density at radius 1 is 1.28 bits per heavy atom. The van der Waals surface area contributed by atoms with Crippen LogP contribution in [0.4, 0.5) is 0 Å². The Morgan fingerprint density at radius 2 is 1.89 bits per heavy atom. The van der Waals surface area contributed by atoms with E-state index in [0.29, 0.717) is 0 Å². The van der Waals surface area contributed by atoms with Gasteiger partial charge in [-0.1, -0.05) is 26.2 Å². The maximum Gasteiger partial charge on any atom is 0.304 e. The van der Waals surface area contributed by atoms with Gasteiger partial charge in [0.1, 0.15) is 0 Å². The molecule has 0 bridgehead atoms. The molecule has 3 N–H and O–H groups in total. The fourth-order valence-electron chi connectivity index (χ4n) is 2.35. The van der Waals surface area contributed by atoms with Gasteiger partial charge in [0.25, 0.3) is 0 Å². The Morgan fingerprint density at radius 3 is 2.39 bits per heavy atom. The highest BCUT2D eigenvalue weighted by atomic mass is 16.4. The number of carboxylic acid groups (broad SMARTS) is 1. The predicted octanol–water partition coefficient (Wildman–Crippen LogP) is 1.16. The van der Waals surface area contributed by atoms with Gasteiger partial charge in [-0.3, -0.25) is 9.59 Å². The molecule has 0 radical (unpaired) electrons. The van der Waals surface area contributed by atoms with Crippen LogP contribution < -0.4 is 5.32 Å². The molecule has 0 spiro atoms. The van der Waals surface area contributed by atoms with E-state index in [1.165, 1.54) is 6.42 Å². The molecule has 1 aliphatic rings. The summed E-state index contributed by atoms with van der Waals surface area (Å²) in [4.78, 5) is 22.6. The lowest BCUT2D eigenvalue weighted by atomic mass is 9.86. The van der Waals surface area contributed by atoms with Gasteiger partial charge in [0.2, 0.25) is 5.91 Å². The van der Waals surface area contributed by atoms with E-state index in [2.05, 4.69) is 5.32 Å². The van der Waals surface area contributed by atoms with Crippen molar-refractivity contribution in [1.82, 2.24) is 5.32 Å². The number of hydrogen-bond donors (Lipinski definition) is 3. The van der Waals surface area contributed by atoms with Crippen molar-refractivity contribution in [2.75, 3.05) is 13.2 Å². The molecular formula is C13H23NO4. The van der Waals surface area contributed by atoms with Gasteiger partial charge in [-0.25, -0.2) is 0 Å². The number of hydrogen-bond acceptors (Lipinski definition) is 3. The molecule has 0 aromatic rings. The number of carbonyl (C=O) groups excluding carboxylic acids is 1. The topological polar surface area (TPSA) is 86.6 Å². The maximum atomic E-state index is 11.9. The molecule has 1 amide bonds. The first-order valence-electron chi connectivity index (χ1n) is 6.57. The lowest BCUT2D eigenvalue weighted by molar-refractivity contribution is -0.140. The minimum absolute atomic E-state index is 0.000219. The second-order valence-electron chi connectivity index (χ2n) is 5.59. The van der Waals surface area contributed by atoms with E-state index in [-0.39, 0.29) is 31.4 Å². The first-order valence-corrected chi connectivity index (χ1v) is 6.57. The van der Waals surface area contributed by atoms with Crippen LogP contribution in [0.5, 0.6) is 0 Å². The third-order valence-corrected chi connectivity index (χ3v) is 3.63. The van der Waals surface area contributed by atoms with Crippen molar-refractivity contribution in [1.29, 1.82) is 0 Å². The summed E-state index contributed by atoms with van der Waals surface area (Å²) < 4.78 is 0. The molecule has 1 atom stereocenters. The van der Waals surface area contributed by atoms with Crippen LogP contribution in [0, 0.1) is 11.3 Å². The van der Waals surface area contributed by atoms with Crippen molar-refractivity contribution >= 4 is 11.9 Å². The summed E-state index contributed by atoms with van der Waals surface area (Å²) in [6.07, 6.45) is 5.06. The minimum atomic E-state index is -0.960. The molecule has 1 rings (SSSR count). The predicted molar refractivity (Wildman–Crippen MR) is 67.0 cm³/mol. The van der Waals surface area contributed by atoms with E-state index in [4.69, 9.17) is 5.11 Å². The first-order chi connectivity index (χ1) is 8.47. The Kier molecular flexibility index (Phi) is 5.59. The van der Waals surface area contributed by atoms with Gasteiger partial charge >= 0.3 is 5.97 Å². The van der Waals surface area contributed by atoms with Crippen molar-refractivity contribution in [3.05, 3.63) is 0 Å². The number of carboxylic acids is 1. The van der Waals surface area contributed by atoms with Gasteiger partial charge in [-0.05, 0) is 12.8 Å². The van der Waals surface area contributed by atoms with Crippen LogP contribution in [0.15, 0.2) is 0 Å². The average molecular weight is 257 g/mol. The van der Waals surface area contributed by atoms with Crippen LogP contribution in [0.1, 0.15) is 45.4 Å². The molecule has 0 aromatic carbocycles. The van der Waals surface area contributed by atoms with Crippen molar-refractivity contribution < 1.29 is 19.8 Å². The highest BCUT2D eigenvalue weighted by molar-refractivity contribution is 5.78. The molecule has 5 nitrogen and oxygen atoms in total. The molecule has 0 aromatic heterocycles. The van der Waals surface area contributed by atoms with Gasteiger partial charge in [0.05, 0.1) is 13.0 Å². The van der Waals surface area contributed by atoms with Gasteiger partial charge in [0, 0.05) is 17.9 Å². The quantitative estimate of drug-likeness (QED) is 0.666. The van der Waals surface area contributed by atoms with Crippen LogP contribution in [0.3, 0.4) is 0 Å². The highest BCUT2D eigenvalue weighted by Gasteiger charge is 2.29. The monoisotopic (exact) mass is 257 g/mol. The van der Waals surface area contributed by atoms with E-state index >= 15 is 0 Å². The zero-order valence-electron chi connectivity index (χ0n) is 10.9. The smallest absolute Gasteiger partial charge is 0.304 e. The van der Waals surface area contributed by atoms with Crippen molar-refractivity contribution in [3.63, 3.8) is 0 Å². The number of aliphatic hydroxyl groups excluding tert-OH is 1. The second kappa shape index (κ2) is 6.73. The van der Waals surface area contributed by atoms with Gasteiger partial charge in [0.15, 0.2) is 0 Å². The summed E-state index contributed by atoms with van der Waals surface area (Å²) in [6.45, 7) is 1.64. The van der Waals surface area contributed by atoms with E-state index in [1.54, 1.807) is 6.92 Å². The molecule has 1 unspecified atom stereocenters. The first kappa shape index (κ1) is 15.0. The summed E-state index contributed by atoms with van der Waals surface area (Å²) in [5, 5.41) is 20.8.